The molecule has 0 saturated heterocycles. The Morgan fingerprint density at radius 1 is 1.15 bits per heavy atom. The van der Waals surface area contributed by atoms with Crippen LogP contribution in [0.4, 0.5) is 0 Å². The maximum atomic E-state index is 12.6. The Morgan fingerprint density at radius 3 is 2.48 bits per heavy atom. The Balaban J connectivity index is 1.71. The molecule has 0 fully saturated rings. The van der Waals surface area contributed by atoms with Crippen LogP contribution in [0.5, 0.6) is 5.75 Å². The lowest BCUT2D eigenvalue weighted by Crippen LogP contribution is -2.40. The van der Waals surface area contributed by atoms with E-state index in [9.17, 15) is 4.79 Å². The standard InChI is InChI=1S/C21H22N4O2/c1-13(2)19(20-23-17-6-4-5-7-18(17)24-20)25-21(26)14(3)27-16-10-8-15(12-22)9-11-16/h4-11,13-14,19H,1-3H3,(H,23,24)(H,25,26). The molecule has 0 radical (unpaired) electrons. The molecule has 6 nitrogen and oxygen atoms in total. The summed E-state index contributed by atoms with van der Waals surface area (Å²) in [6, 6.07) is 16.3. The number of carbonyl (C=O) groups excluding carboxylic acids is 1. The number of imidazole rings is 1. The lowest BCUT2D eigenvalue weighted by atomic mass is 10.0. The number of rotatable bonds is 6. The number of hydrogen-bond donors (Lipinski definition) is 2. The highest BCUT2D eigenvalue weighted by Crippen LogP contribution is 2.22. The maximum absolute atomic E-state index is 12.6. The SMILES string of the molecule is CC(Oc1ccc(C#N)cc1)C(=O)NC(c1nc2ccccc2[nH]1)C(C)C. The van der Waals surface area contributed by atoms with Crippen molar-refractivity contribution in [3.63, 3.8) is 0 Å². The molecule has 2 aromatic carbocycles. The van der Waals surface area contributed by atoms with Gasteiger partial charge in [0.05, 0.1) is 28.7 Å². The zero-order chi connectivity index (χ0) is 19.4. The summed E-state index contributed by atoms with van der Waals surface area (Å²) < 4.78 is 5.70. The topological polar surface area (TPSA) is 90.8 Å². The second-order valence-electron chi connectivity index (χ2n) is 6.77. The van der Waals surface area contributed by atoms with Gasteiger partial charge >= 0.3 is 0 Å². The van der Waals surface area contributed by atoms with Crippen molar-refractivity contribution in [3.8, 4) is 11.8 Å². The quantitative estimate of drug-likeness (QED) is 0.699. The molecule has 1 amide bonds. The molecule has 2 atom stereocenters. The fourth-order valence-corrected chi connectivity index (χ4v) is 2.81. The van der Waals surface area contributed by atoms with E-state index in [0.717, 1.165) is 16.9 Å². The summed E-state index contributed by atoms with van der Waals surface area (Å²) in [5.41, 5.74) is 2.35. The summed E-state index contributed by atoms with van der Waals surface area (Å²) in [5.74, 6) is 1.20. The van der Waals surface area contributed by atoms with Crippen LogP contribution >= 0.6 is 0 Å². The minimum atomic E-state index is -0.677. The molecule has 0 bridgehead atoms. The van der Waals surface area contributed by atoms with Crippen LogP contribution in [-0.2, 0) is 4.79 Å². The number of aromatic nitrogens is 2. The minimum Gasteiger partial charge on any atom is -0.481 e. The molecule has 3 aromatic rings. The molecule has 3 rings (SSSR count). The fraction of sp³-hybridized carbons (Fsp3) is 0.286. The molecular weight excluding hydrogens is 340 g/mol. The molecule has 6 heteroatoms. The van der Waals surface area contributed by atoms with Crippen LogP contribution in [-0.4, -0.2) is 22.0 Å². The molecule has 27 heavy (non-hydrogen) atoms. The number of aromatic amines is 1. The third-order valence-corrected chi connectivity index (χ3v) is 4.33. The van der Waals surface area contributed by atoms with Gasteiger partial charge in [-0.2, -0.15) is 5.26 Å². The summed E-state index contributed by atoms with van der Waals surface area (Å²) in [6.07, 6.45) is -0.677. The highest BCUT2D eigenvalue weighted by molar-refractivity contribution is 5.81. The van der Waals surface area contributed by atoms with Crippen LogP contribution < -0.4 is 10.1 Å². The van der Waals surface area contributed by atoms with E-state index in [1.54, 1.807) is 31.2 Å². The van der Waals surface area contributed by atoms with Crippen LogP contribution in [0.3, 0.4) is 0 Å². The number of nitrogens with one attached hydrogen (secondary N) is 2. The predicted octanol–water partition coefficient (Wildman–Crippen LogP) is 3.72. The van der Waals surface area contributed by atoms with E-state index in [1.165, 1.54) is 0 Å². The first-order valence-corrected chi connectivity index (χ1v) is 8.89. The van der Waals surface area contributed by atoms with Crippen LogP contribution in [0.25, 0.3) is 11.0 Å². The maximum Gasteiger partial charge on any atom is 0.261 e. The Bertz CT molecular complexity index is 937. The summed E-state index contributed by atoms with van der Waals surface area (Å²) in [6.45, 7) is 5.76. The van der Waals surface area contributed by atoms with Crippen molar-refractivity contribution in [2.24, 2.45) is 5.92 Å². The Morgan fingerprint density at radius 2 is 1.85 bits per heavy atom. The van der Waals surface area contributed by atoms with Crippen molar-refractivity contribution in [2.75, 3.05) is 0 Å². The Hall–Kier alpha value is -3.33. The molecule has 0 aliphatic rings. The van der Waals surface area contributed by atoms with Gasteiger partial charge in [0.15, 0.2) is 6.10 Å². The van der Waals surface area contributed by atoms with Gasteiger partial charge in [0.2, 0.25) is 0 Å². The monoisotopic (exact) mass is 362 g/mol. The molecule has 138 valence electrons. The second kappa shape index (κ2) is 7.92. The summed E-state index contributed by atoms with van der Waals surface area (Å²) in [4.78, 5) is 20.5. The molecule has 2 N–H and O–H groups in total. The number of ether oxygens (including phenoxy) is 1. The fourth-order valence-electron chi connectivity index (χ4n) is 2.81. The zero-order valence-corrected chi connectivity index (χ0v) is 15.6. The first-order chi connectivity index (χ1) is 13.0. The number of nitrogens with zero attached hydrogens (tertiary/aromatic N) is 2. The van der Waals surface area contributed by atoms with Crippen molar-refractivity contribution in [1.29, 1.82) is 5.26 Å². The van der Waals surface area contributed by atoms with Gasteiger partial charge < -0.3 is 15.0 Å². The van der Waals surface area contributed by atoms with E-state index in [4.69, 9.17) is 10.00 Å². The normalized spacial score (nSPS) is 13.1. The lowest BCUT2D eigenvalue weighted by molar-refractivity contribution is -0.128. The number of para-hydroxylation sites is 2. The summed E-state index contributed by atoms with van der Waals surface area (Å²) >= 11 is 0. The van der Waals surface area contributed by atoms with E-state index in [0.29, 0.717) is 11.3 Å². The number of carbonyl (C=O) groups is 1. The van der Waals surface area contributed by atoms with Crippen molar-refractivity contribution < 1.29 is 9.53 Å². The third-order valence-electron chi connectivity index (χ3n) is 4.33. The minimum absolute atomic E-state index is 0.150. The van der Waals surface area contributed by atoms with Crippen molar-refractivity contribution in [3.05, 3.63) is 59.9 Å². The third kappa shape index (κ3) is 4.26. The van der Waals surface area contributed by atoms with Gasteiger partial charge in [-0.1, -0.05) is 26.0 Å². The van der Waals surface area contributed by atoms with E-state index in [1.807, 2.05) is 38.1 Å². The molecule has 0 spiro atoms. The molecule has 1 heterocycles. The van der Waals surface area contributed by atoms with Gasteiger partial charge in [0.1, 0.15) is 11.6 Å². The van der Waals surface area contributed by atoms with E-state index in [2.05, 4.69) is 21.4 Å². The molecule has 0 aliphatic carbocycles. The predicted molar refractivity (Wildman–Crippen MR) is 103 cm³/mol. The van der Waals surface area contributed by atoms with Crippen LogP contribution in [0, 0.1) is 17.2 Å². The van der Waals surface area contributed by atoms with Gasteiger partial charge in [0, 0.05) is 0 Å². The molecule has 1 aromatic heterocycles. The number of benzene rings is 2. The molecule has 0 saturated carbocycles. The van der Waals surface area contributed by atoms with Crippen molar-refractivity contribution in [1.82, 2.24) is 15.3 Å². The second-order valence-corrected chi connectivity index (χ2v) is 6.77. The average molecular weight is 362 g/mol. The number of hydrogen-bond acceptors (Lipinski definition) is 4. The van der Waals surface area contributed by atoms with Crippen LogP contribution in [0.2, 0.25) is 0 Å². The Kier molecular flexibility index (Phi) is 5.41. The van der Waals surface area contributed by atoms with Gasteiger partial charge in [0.25, 0.3) is 5.91 Å². The van der Waals surface area contributed by atoms with Crippen molar-refractivity contribution >= 4 is 16.9 Å². The van der Waals surface area contributed by atoms with Gasteiger partial charge in [-0.05, 0) is 49.2 Å². The first kappa shape index (κ1) is 18.5. The van der Waals surface area contributed by atoms with Crippen LogP contribution in [0.15, 0.2) is 48.5 Å². The largest absolute Gasteiger partial charge is 0.481 e. The number of nitriles is 1. The summed E-state index contributed by atoms with van der Waals surface area (Å²) in [7, 11) is 0. The Labute approximate surface area is 158 Å². The smallest absolute Gasteiger partial charge is 0.261 e. The summed E-state index contributed by atoms with van der Waals surface area (Å²) in [5, 5.41) is 11.9. The molecule has 0 aliphatic heterocycles. The van der Waals surface area contributed by atoms with Gasteiger partial charge in [-0.15, -0.1) is 0 Å². The van der Waals surface area contributed by atoms with E-state index >= 15 is 0 Å². The highest BCUT2D eigenvalue weighted by atomic mass is 16.5. The molecular formula is C21H22N4O2. The molecule has 2 unspecified atom stereocenters. The number of amides is 1. The first-order valence-electron chi connectivity index (χ1n) is 8.89. The van der Waals surface area contributed by atoms with Gasteiger partial charge in [-0.3, -0.25) is 4.79 Å². The highest BCUT2D eigenvalue weighted by Gasteiger charge is 2.25. The van der Waals surface area contributed by atoms with E-state index < -0.39 is 6.10 Å². The average Bonchev–Trinajstić information content (AvgIpc) is 3.09. The van der Waals surface area contributed by atoms with Gasteiger partial charge in [-0.25, -0.2) is 4.98 Å². The van der Waals surface area contributed by atoms with E-state index in [-0.39, 0.29) is 17.9 Å². The van der Waals surface area contributed by atoms with Crippen molar-refractivity contribution in [2.45, 2.75) is 32.9 Å². The number of H-pyrrole nitrogens is 1. The van der Waals surface area contributed by atoms with Crippen LogP contribution in [0.1, 0.15) is 38.2 Å². The number of fused-ring (bicyclic) bond motifs is 1. The lowest BCUT2D eigenvalue weighted by Gasteiger charge is -2.23. The zero-order valence-electron chi connectivity index (χ0n) is 15.6.